The van der Waals surface area contributed by atoms with Gasteiger partial charge in [-0.2, -0.15) is 4.72 Å². The zero-order chi connectivity index (χ0) is 19.3. The van der Waals surface area contributed by atoms with Crippen molar-refractivity contribution < 1.29 is 13.2 Å². The summed E-state index contributed by atoms with van der Waals surface area (Å²) in [6.45, 7) is 1.67. The van der Waals surface area contributed by atoms with Crippen LogP contribution in [0.2, 0.25) is 5.02 Å². The van der Waals surface area contributed by atoms with Crippen LogP contribution >= 0.6 is 11.6 Å². The van der Waals surface area contributed by atoms with Gasteiger partial charge in [0.05, 0.1) is 11.4 Å². The summed E-state index contributed by atoms with van der Waals surface area (Å²) in [5.74, 6) is 5.54. The molecule has 2 aromatic carbocycles. The van der Waals surface area contributed by atoms with Gasteiger partial charge in [0.15, 0.2) is 0 Å². The van der Waals surface area contributed by atoms with E-state index in [9.17, 15) is 13.2 Å². The third-order valence-electron chi connectivity index (χ3n) is 3.56. The number of carbonyl (C=O) groups excluding carboxylic acids is 1. The van der Waals surface area contributed by atoms with Gasteiger partial charge in [0, 0.05) is 30.2 Å². The molecule has 0 spiro atoms. The number of rotatable bonds is 4. The number of carbonyl (C=O) groups is 1. The lowest BCUT2D eigenvalue weighted by atomic mass is 10.1. The van der Waals surface area contributed by atoms with Crippen LogP contribution in [-0.4, -0.2) is 39.9 Å². The van der Waals surface area contributed by atoms with E-state index in [0.717, 1.165) is 0 Å². The lowest BCUT2D eigenvalue weighted by Gasteiger charge is -2.09. The Bertz CT molecular complexity index is 972. The standard InChI is InChI=1S/C19H19ClN2O3S/c1-14-6-11-17(20)13-18(14)26(24,25)21-12-4-5-15-7-9-16(10-8-15)19(23)22(2)3/h6-11,13,21H,12H2,1-3H3. The minimum atomic E-state index is -3.68. The molecule has 0 unspecified atom stereocenters. The van der Waals surface area contributed by atoms with Gasteiger partial charge in [-0.15, -0.1) is 0 Å². The molecule has 0 aliphatic carbocycles. The average Bonchev–Trinajstić information content (AvgIpc) is 2.60. The van der Waals surface area contributed by atoms with Crippen LogP contribution in [0.15, 0.2) is 47.4 Å². The number of halogens is 1. The number of nitrogens with one attached hydrogen (secondary N) is 1. The van der Waals surface area contributed by atoms with E-state index in [1.165, 1.54) is 11.0 Å². The summed E-state index contributed by atoms with van der Waals surface area (Å²) in [5.41, 5.74) is 1.87. The first-order valence-electron chi connectivity index (χ1n) is 7.77. The van der Waals surface area contributed by atoms with E-state index in [1.807, 2.05) is 0 Å². The van der Waals surface area contributed by atoms with Crippen molar-refractivity contribution in [3.63, 3.8) is 0 Å². The van der Waals surface area contributed by atoms with Crippen LogP contribution in [0, 0.1) is 18.8 Å². The van der Waals surface area contributed by atoms with Gasteiger partial charge in [-0.05, 0) is 48.9 Å². The molecule has 2 rings (SSSR count). The first-order valence-corrected chi connectivity index (χ1v) is 9.63. The summed E-state index contributed by atoms with van der Waals surface area (Å²) < 4.78 is 27.1. The number of amides is 1. The van der Waals surface area contributed by atoms with Gasteiger partial charge in [0.25, 0.3) is 5.91 Å². The summed E-state index contributed by atoms with van der Waals surface area (Å²) >= 11 is 5.87. The average molecular weight is 391 g/mol. The zero-order valence-electron chi connectivity index (χ0n) is 14.7. The van der Waals surface area contributed by atoms with E-state index >= 15 is 0 Å². The highest BCUT2D eigenvalue weighted by Crippen LogP contribution is 2.19. The first-order chi connectivity index (χ1) is 12.2. The van der Waals surface area contributed by atoms with Gasteiger partial charge < -0.3 is 4.90 Å². The zero-order valence-corrected chi connectivity index (χ0v) is 16.3. The lowest BCUT2D eigenvalue weighted by molar-refractivity contribution is 0.0827. The molecule has 0 bridgehead atoms. The number of aryl methyl sites for hydroxylation is 1. The number of hydrogen-bond acceptors (Lipinski definition) is 3. The van der Waals surface area contributed by atoms with Crippen molar-refractivity contribution in [3.05, 3.63) is 64.2 Å². The third kappa shape index (κ3) is 5.09. The normalized spacial score (nSPS) is 10.8. The molecule has 0 heterocycles. The van der Waals surface area contributed by atoms with E-state index in [0.29, 0.717) is 21.7 Å². The second-order valence-electron chi connectivity index (χ2n) is 5.81. The number of sulfonamides is 1. The smallest absolute Gasteiger partial charge is 0.253 e. The third-order valence-corrected chi connectivity index (χ3v) is 5.34. The molecule has 7 heteroatoms. The molecule has 5 nitrogen and oxygen atoms in total. The highest BCUT2D eigenvalue weighted by atomic mass is 35.5. The van der Waals surface area contributed by atoms with Crippen molar-refractivity contribution in [2.45, 2.75) is 11.8 Å². The monoisotopic (exact) mass is 390 g/mol. The quantitative estimate of drug-likeness (QED) is 0.816. The number of hydrogen-bond donors (Lipinski definition) is 1. The van der Waals surface area contributed by atoms with Gasteiger partial charge in [0.1, 0.15) is 0 Å². The van der Waals surface area contributed by atoms with Crippen LogP contribution in [-0.2, 0) is 10.0 Å². The van der Waals surface area contributed by atoms with Gasteiger partial charge in [-0.1, -0.05) is 29.5 Å². The molecule has 0 aromatic heterocycles. The highest BCUT2D eigenvalue weighted by molar-refractivity contribution is 7.89. The number of benzene rings is 2. The van der Waals surface area contributed by atoms with Gasteiger partial charge >= 0.3 is 0 Å². The Morgan fingerprint density at radius 2 is 1.81 bits per heavy atom. The predicted molar refractivity (Wildman–Crippen MR) is 103 cm³/mol. The summed E-state index contributed by atoms with van der Waals surface area (Å²) in [5, 5.41) is 0.356. The number of nitrogens with zero attached hydrogens (tertiary/aromatic N) is 1. The Labute approximate surface area is 159 Å². The van der Waals surface area contributed by atoms with Crippen molar-refractivity contribution in [1.29, 1.82) is 0 Å². The minimum absolute atomic E-state index is 0.0351. The molecule has 1 amide bonds. The molecule has 26 heavy (non-hydrogen) atoms. The fourth-order valence-electron chi connectivity index (χ4n) is 2.17. The van der Waals surface area contributed by atoms with E-state index in [4.69, 9.17) is 11.6 Å². The Morgan fingerprint density at radius 1 is 1.15 bits per heavy atom. The van der Waals surface area contributed by atoms with Crippen molar-refractivity contribution >= 4 is 27.5 Å². The van der Waals surface area contributed by atoms with Crippen molar-refractivity contribution in [2.24, 2.45) is 0 Å². The molecule has 136 valence electrons. The second kappa shape index (κ2) is 8.37. The molecule has 0 saturated carbocycles. The fraction of sp³-hybridized carbons (Fsp3) is 0.211. The summed E-state index contributed by atoms with van der Waals surface area (Å²) in [7, 11) is -0.314. The maximum atomic E-state index is 12.3. The first kappa shape index (κ1) is 20.0. The molecule has 2 aromatic rings. The van der Waals surface area contributed by atoms with E-state index in [2.05, 4.69) is 16.6 Å². The van der Waals surface area contributed by atoms with Gasteiger partial charge in [-0.25, -0.2) is 8.42 Å². The molecule has 0 atom stereocenters. The van der Waals surface area contributed by atoms with E-state index in [1.54, 1.807) is 57.4 Å². The largest absolute Gasteiger partial charge is 0.345 e. The van der Waals surface area contributed by atoms with Crippen LogP contribution in [0.4, 0.5) is 0 Å². The molecule has 0 aliphatic heterocycles. The van der Waals surface area contributed by atoms with Gasteiger partial charge in [0.2, 0.25) is 10.0 Å². The fourth-order valence-corrected chi connectivity index (χ4v) is 3.60. The van der Waals surface area contributed by atoms with Crippen molar-refractivity contribution in [1.82, 2.24) is 9.62 Å². The van der Waals surface area contributed by atoms with E-state index < -0.39 is 10.0 Å². The maximum absolute atomic E-state index is 12.3. The molecule has 0 aliphatic rings. The molecule has 0 saturated heterocycles. The van der Waals surface area contributed by atoms with Crippen LogP contribution < -0.4 is 4.72 Å². The molecular weight excluding hydrogens is 372 g/mol. The Balaban J connectivity index is 2.04. The summed E-state index contributed by atoms with van der Waals surface area (Å²) in [6.07, 6.45) is 0. The SMILES string of the molecule is Cc1ccc(Cl)cc1S(=O)(=O)NCC#Cc1ccc(C(=O)N(C)C)cc1. The molecule has 1 N–H and O–H groups in total. The van der Waals surface area contributed by atoms with Gasteiger partial charge in [-0.3, -0.25) is 4.79 Å². The van der Waals surface area contributed by atoms with Crippen LogP contribution in [0.3, 0.4) is 0 Å². The summed E-state index contributed by atoms with van der Waals surface area (Å²) in [4.78, 5) is 13.4. The predicted octanol–water partition coefficient (Wildman–Crippen LogP) is 2.68. The van der Waals surface area contributed by atoms with Crippen molar-refractivity contribution in [3.8, 4) is 11.8 Å². The maximum Gasteiger partial charge on any atom is 0.253 e. The Hall–Kier alpha value is -2.33. The Morgan fingerprint density at radius 3 is 2.42 bits per heavy atom. The van der Waals surface area contributed by atoms with Crippen LogP contribution in [0.25, 0.3) is 0 Å². The minimum Gasteiger partial charge on any atom is -0.345 e. The summed E-state index contributed by atoms with van der Waals surface area (Å²) in [6, 6.07) is 11.5. The Kier molecular flexibility index (Phi) is 6.43. The van der Waals surface area contributed by atoms with Crippen molar-refractivity contribution in [2.75, 3.05) is 20.6 Å². The van der Waals surface area contributed by atoms with Crippen LogP contribution in [0.1, 0.15) is 21.5 Å². The molecule has 0 radical (unpaired) electrons. The molecule has 0 fully saturated rings. The van der Waals surface area contributed by atoms with E-state index in [-0.39, 0.29) is 17.3 Å². The lowest BCUT2D eigenvalue weighted by Crippen LogP contribution is -2.24. The van der Waals surface area contributed by atoms with Crippen LogP contribution in [0.5, 0.6) is 0 Å². The topological polar surface area (TPSA) is 66.5 Å². The molecular formula is C19H19ClN2O3S. The highest BCUT2D eigenvalue weighted by Gasteiger charge is 2.16. The second-order valence-corrected chi connectivity index (χ2v) is 7.98.